The fraction of sp³-hybridized carbons (Fsp3) is 0.455. The molecule has 2 nitrogen and oxygen atoms in total. The van der Waals surface area contributed by atoms with E-state index in [1.165, 1.54) is 0 Å². The van der Waals surface area contributed by atoms with E-state index >= 15 is 0 Å². The van der Waals surface area contributed by atoms with Crippen LogP contribution in [0.3, 0.4) is 0 Å². The van der Waals surface area contributed by atoms with E-state index < -0.39 is 0 Å². The molecule has 2 rings (SSSR count). The van der Waals surface area contributed by atoms with Gasteiger partial charge in [0.1, 0.15) is 5.82 Å². The third kappa shape index (κ3) is 2.14. The SMILES string of the molecule is Cc1ccc(Cl)c([C@@H]2COCCN2)c1F. The van der Waals surface area contributed by atoms with E-state index in [-0.39, 0.29) is 11.9 Å². The Labute approximate surface area is 93.4 Å². The minimum Gasteiger partial charge on any atom is -0.378 e. The van der Waals surface area contributed by atoms with Crippen molar-refractivity contribution in [3.8, 4) is 0 Å². The molecule has 82 valence electrons. The molecule has 15 heavy (non-hydrogen) atoms. The molecule has 1 aromatic rings. The van der Waals surface area contributed by atoms with E-state index in [1.54, 1.807) is 19.1 Å². The topological polar surface area (TPSA) is 21.3 Å². The molecule has 0 aliphatic carbocycles. The second kappa shape index (κ2) is 4.47. The van der Waals surface area contributed by atoms with Crippen molar-refractivity contribution in [3.05, 3.63) is 34.1 Å². The fourth-order valence-corrected chi connectivity index (χ4v) is 2.03. The lowest BCUT2D eigenvalue weighted by molar-refractivity contribution is 0.0757. The van der Waals surface area contributed by atoms with Crippen LogP contribution in [0.25, 0.3) is 0 Å². The molecule has 0 bridgehead atoms. The molecule has 0 saturated carbocycles. The van der Waals surface area contributed by atoms with Gasteiger partial charge in [0.25, 0.3) is 0 Å². The Morgan fingerprint density at radius 3 is 3.00 bits per heavy atom. The Morgan fingerprint density at radius 1 is 1.53 bits per heavy atom. The summed E-state index contributed by atoms with van der Waals surface area (Å²) >= 11 is 6.00. The van der Waals surface area contributed by atoms with Gasteiger partial charge in [-0.25, -0.2) is 4.39 Å². The summed E-state index contributed by atoms with van der Waals surface area (Å²) in [6.45, 7) is 3.61. The molecule has 0 amide bonds. The van der Waals surface area contributed by atoms with E-state index in [1.807, 2.05) is 0 Å². The Hall–Kier alpha value is -0.640. The van der Waals surface area contributed by atoms with Gasteiger partial charge in [0.05, 0.1) is 19.3 Å². The first-order valence-corrected chi connectivity index (χ1v) is 5.33. The minimum atomic E-state index is -0.231. The number of ether oxygens (including phenoxy) is 1. The molecule has 0 radical (unpaired) electrons. The molecule has 4 heteroatoms. The Morgan fingerprint density at radius 2 is 2.33 bits per heavy atom. The lowest BCUT2D eigenvalue weighted by Gasteiger charge is -2.25. The van der Waals surface area contributed by atoms with Crippen LogP contribution >= 0.6 is 11.6 Å². The highest BCUT2D eigenvalue weighted by atomic mass is 35.5. The monoisotopic (exact) mass is 229 g/mol. The van der Waals surface area contributed by atoms with Crippen LogP contribution in [0.4, 0.5) is 4.39 Å². The summed E-state index contributed by atoms with van der Waals surface area (Å²) in [7, 11) is 0. The van der Waals surface area contributed by atoms with Crippen molar-refractivity contribution in [2.75, 3.05) is 19.8 Å². The largest absolute Gasteiger partial charge is 0.378 e. The van der Waals surface area contributed by atoms with Crippen molar-refractivity contribution in [1.82, 2.24) is 5.32 Å². The smallest absolute Gasteiger partial charge is 0.132 e. The highest BCUT2D eigenvalue weighted by Gasteiger charge is 2.22. The molecule has 0 unspecified atom stereocenters. The predicted octanol–water partition coefficient (Wildman–Crippen LogP) is 2.45. The molecule has 1 aromatic carbocycles. The normalized spacial score (nSPS) is 21.7. The van der Waals surface area contributed by atoms with Crippen molar-refractivity contribution in [3.63, 3.8) is 0 Å². The van der Waals surface area contributed by atoms with Gasteiger partial charge < -0.3 is 10.1 Å². The van der Waals surface area contributed by atoms with Gasteiger partial charge >= 0.3 is 0 Å². The summed E-state index contributed by atoms with van der Waals surface area (Å²) in [6.07, 6.45) is 0. The summed E-state index contributed by atoms with van der Waals surface area (Å²) < 4.78 is 19.2. The zero-order valence-electron chi connectivity index (χ0n) is 8.52. The van der Waals surface area contributed by atoms with Gasteiger partial charge in [-0.15, -0.1) is 0 Å². The van der Waals surface area contributed by atoms with Gasteiger partial charge in [0, 0.05) is 17.1 Å². The number of benzene rings is 1. The van der Waals surface area contributed by atoms with E-state index in [0.29, 0.717) is 29.4 Å². The van der Waals surface area contributed by atoms with Gasteiger partial charge in [-0.1, -0.05) is 17.7 Å². The zero-order chi connectivity index (χ0) is 10.8. The maximum absolute atomic E-state index is 13.9. The van der Waals surface area contributed by atoms with Crippen molar-refractivity contribution in [1.29, 1.82) is 0 Å². The summed E-state index contributed by atoms with van der Waals surface area (Å²) in [6, 6.07) is 3.28. The number of hydrogen-bond acceptors (Lipinski definition) is 2. The quantitative estimate of drug-likeness (QED) is 0.799. The summed E-state index contributed by atoms with van der Waals surface area (Å²) in [5, 5.41) is 3.65. The van der Waals surface area contributed by atoms with Crippen molar-refractivity contribution in [2.24, 2.45) is 0 Å². The Bertz CT molecular complexity index is 364. The van der Waals surface area contributed by atoms with Crippen molar-refractivity contribution >= 4 is 11.6 Å². The van der Waals surface area contributed by atoms with Gasteiger partial charge in [-0.05, 0) is 18.6 Å². The molecular weight excluding hydrogens is 217 g/mol. The van der Waals surface area contributed by atoms with Crippen LogP contribution < -0.4 is 5.32 Å². The van der Waals surface area contributed by atoms with Gasteiger partial charge in [-0.2, -0.15) is 0 Å². The number of aryl methyl sites for hydroxylation is 1. The van der Waals surface area contributed by atoms with E-state index in [2.05, 4.69) is 5.32 Å². The summed E-state index contributed by atoms with van der Waals surface area (Å²) in [5.41, 5.74) is 1.14. The summed E-state index contributed by atoms with van der Waals surface area (Å²) in [5.74, 6) is -0.231. The van der Waals surface area contributed by atoms with Crippen molar-refractivity contribution in [2.45, 2.75) is 13.0 Å². The van der Waals surface area contributed by atoms with Gasteiger partial charge in [0.2, 0.25) is 0 Å². The first kappa shape index (κ1) is 10.9. The Kier molecular flexibility index (Phi) is 3.24. The molecule has 1 aliphatic rings. The third-order valence-electron chi connectivity index (χ3n) is 2.59. The number of rotatable bonds is 1. The van der Waals surface area contributed by atoms with Crippen LogP contribution in [0.15, 0.2) is 12.1 Å². The van der Waals surface area contributed by atoms with Gasteiger partial charge in [-0.3, -0.25) is 0 Å². The lowest BCUT2D eigenvalue weighted by Crippen LogP contribution is -2.35. The molecule has 1 heterocycles. The maximum Gasteiger partial charge on any atom is 0.132 e. The number of hydrogen-bond donors (Lipinski definition) is 1. The highest BCUT2D eigenvalue weighted by Crippen LogP contribution is 2.28. The van der Waals surface area contributed by atoms with Crippen molar-refractivity contribution < 1.29 is 9.13 Å². The molecule has 1 atom stereocenters. The summed E-state index contributed by atoms with van der Waals surface area (Å²) in [4.78, 5) is 0. The second-order valence-corrected chi connectivity index (χ2v) is 4.08. The molecule has 1 fully saturated rings. The van der Waals surface area contributed by atoms with Crippen LogP contribution in [0, 0.1) is 12.7 Å². The van der Waals surface area contributed by atoms with Crippen LogP contribution in [-0.2, 0) is 4.74 Å². The molecule has 1 saturated heterocycles. The van der Waals surface area contributed by atoms with Crippen LogP contribution in [0.2, 0.25) is 5.02 Å². The average molecular weight is 230 g/mol. The second-order valence-electron chi connectivity index (χ2n) is 3.67. The van der Waals surface area contributed by atoms with Crippen LogP contribution in [-0.4, -0.2) is 19.8 Å². The van der Waals surface area contributed by atoms with Crippen LogP contribution in [0.1, 0.15) is 17.2 Å². The minimum absolute atomic E-state index is 0.133. The molecule has 0 spiro atoms. The lowest BCUT2D eigenvalue weighted by atomic mass is 10.0. The highest BCUT2D eigenvalue weighted by molar-refractivity contribution is 6.31. The fourth-order valence-electron chi connectivity index (χ4n) is 1.75. The molecule has 1 N–H and O–H groups in total. The third-order valence-corrected chi connectivity index (χ3v) is 2.92. The molecular formula is C11H13ClFNO. The van der Waals surface area contributed by atoms with Crippen LogP contribution in [0.5, 0.6) is 0 Å². The maximum atomic E-state index is 13.9. The zero-order valence-corrected chi connectivity index (χ0v) is 9.27. The van der Waals surface area contributed by atoms with Gasteiger partial charge in [0.15, 0.2) is 0 Å². The first-order valence-electron chi connectivity index (χ1n) is 4.96. The molecule has 0 aromatic heterocycles. The van der Waals surface area contributed by atoms with E-state index in [4.69, 9.17) is 16.3 Å². The molecule has 1 aliphatic heterocycles. The average Bonchev–Trinajstić information content (AvgIpc) is 2.26. The standard InChI is InChI=1S/C11H13ClFNO/c1-7-2-3-8(12)10(11(7)13)9-6-15-5-4-14-9/h2-3,9,14H,4-6H2,1H3/t9-/m0/s1. The number of halogens is 2. The number of morpholine rings is 1. The predicted molar refractivity (Wildman–Crippen MR) is 57.7 cm³/mol. The Balaban J connectivity index is 2.36. The van der Waals surface area contributed by atoms with E-state index in [9.17, 15) is 4.39 Å². The van der Waals surface area contributed by atoms with E-state index in [0.717, 1.165) is 6.54 Å². The number of nitrogens with one attached hydrogen (secondary N) is 1. The first-order chi connectivity index (χ1) is 7.20.